The first-order chi connectivity index (χ1) is 25.2. The van der Waals surface area contributed by atoms with Crippen LogP contribution in [-0.4, -0.2) is 50.4 Å². The van der Waals surface area contributed by atoms with Gasteiger partial charge in [0.25, 0.3) is 0 Å². The number of esters is 1. The van der Waals surface area contributed by atoms with Gasteiger partial charge in [0.2, 0.25) is 0 Å². The van der Waals surface area contributed by atoms with Crippen molar-refractivity contribution in [3.05, 3.63) is 136 Å². The van der Waals surface area contributed by atoms with Crippen molar-refractivity contribution in [1.29, 1.82) is 0 Å². The summed E-state index contributed by atoms with van der Waals surface area (Å²) in [6.45, 7) is 4.24. The molecule has 2 heterocycles. The number of aromatic hydroxyl groups is 3. The standard InChI is InChI=1S/C42H39N3O6S/c1-2-19-45(29-11-14-32-26(21-29)4-3-5-37(32)48)20-18-25-6-8-27(9-7-25)43-41(52)44-28-10-15-34-33(22-28)40(49)51-42(34)35-16-12-30(46)23-38(35)50-39-24-31(47)13-17-36(39)42/h3-10,12-13,15-17,22-24,29,46-48H,2,11,14,18-21H2,1H3,(H2,43,44,52)/t29-/m1/s1. The number of ether oxygens (including phenoxy) is 2. The number of nitrogens with one attached hydrogen (secondary N) is 2. The first kappa shape index (κ1) is 33.6. The van der Waals surface area contributed by atoms with Crippen LogP contribution in [0.4, 0.5) is 11.4 Å². The van der Waals surface area contributed by atoms with Crippen LogP contribution in [0.3, 0.4) is 0 Å². The lowest BCUT2D eigenvalue weighted by atomic mass is 9.77. The van der Waals surface area contributed by atoms with Crippen molar-refractivity contribution in [2.24, 2.45) is 0 Å². The second-order valence-corrected chi connectivity index (χ2v) is 14.1. The molecule has 0 bridgehead atoms. The van der Waals surface area contributed by atoms with Crippen LogP contribution in [-0.2, 0) is 29.6 Å². The molecule has 10 heteroatoms. The summed E-state index contributed by atoms with van der Waals surface area (Å²) < 4.78 is 12.2. The molecular formula is C42H39N3O6S. The zero-order valence-electron chi connectivity index (χ0n) is 28.7. The molecule has 5 aromatic rings. The lowest BCUT2D eigenvalue weighted by Crippen LogP contribution is -2.41. The average molecular weight is 714 g/mol. The Morgan fingerprint density at radius 3 is 2.23 bits per heavy atom. The van der Waals surface area contributed by atoms with Crippen molar-refractivity contribution in [3.8, 4) is 28.7 Å². The van der Waals surface area contributed by atoms with Crippen LogP contribution >= 0.6 is 12.2 Å². The number of phenolic OH excluding ortho intramolecular Hbond substituents is 3. The molecule has 5 aromatic carbocycles. The number of fused-ring (bicyclic) bond motifs is 7. The SMILES string of the molecule is CCCN(CCc1ccc(NC(=S)Nc2ccc3c(c2)C(=O)OC32c3ccc(O)cc3Oc3cc(O)ccc32)cc1)[C@@H]1CCc2c(O)cccc2C1. The zero-order chi connectivity index (χ0) is 36.0. The van der Waals surface area contributed by atoms with Gasteiger partial charge in [0.1, 0.15) is 28.7 Å². The Morgan fingerprint density at radius 1 is 0.846 bits per heavy atom. The van der Waals surface area contributed by atoms with E-state index in [1.54, 1.807) is 24.3 Å². The highest BCUT2D eigenvalue weighted by molar-refractivity contribution is 7.80. The fourth-order valence-electron chi connectivity index (χ4n) is 7.95. The smallest absolute Gasteiger partial charge is 0.340 e. The van der Waals surface area contributed by atoms with Crippen molar-refractivity contribution in [1.82, 2.24) is 4.90 Å². The Labute approximate surface area is 307 Å². The molecule has 8 rings (SSSR count). The van der Waals surface area contributed by atoms with Crippen molar-refractivity contribution in [3.63, 3.8) is 0 Å². The average Bonchev–Trinajstić information content (AvgIpc) is 3.41. The molecule has 1 spiro atoms. The highest BCUT2D eigenvalue weighted by Gasteiger charge is 2.53. The lowest BCUT2D eigenvalue weighted by Gasteiger charge is -2.36. The topological polar surface area (TPSA) is 124 Å². The summed E-state index contributed by atoms with van der Waals surface area (Å²) in [5.74, 6) is 0.561. The maximum Gasteiger partial charge on any atom is 0.340 e. The molecule has 1 atom stereocenters. The number of anilines is 2. The Hall–Kier alpha value is -5.58. The van der Waals surface area contributed by atoms with Gasteiger partial charge in [-0.1, -0.05) is 37.3 Å². The molecular weight excluding hydrogens is 675 g/mol. The Balaban J connectivity index is 0.937. The normalized spacial score (nSPS) is 16.3. The largest absolute Gasteiger partial charge is 0.508 e. The summed E-state index contributed by atoms with van der Waals surface area (Å²) in [6, 6.07) is 29.4. The minimum atomic E-state index is -1.32. The second kappa shape index (κ2) is 13.5. The van der Waals surface area contributed by atoms with Crippen LogP contribution in [0.2, 0.25) is 0 Å². The number of hydrogen-bond donors (Lipinski definition) is 5. The zero-order valence-corrected chi connectivity index (χ0v) is 29.5. The second-order valence-electron chi connectivity index (χ2n) is 13.7. The van der Waals surface area contributed by atoms with Gasteiger partial charge in [0.05, 0.1) is 5.56 Å². The van der Waals surface area contributed by atoms with Crippen molar-refractivity contribution in [2.75, 3.05) is 23.7 Å². The molecule has 52 heavy (non-hydrogen) atoms. The highest BCUT2D eigenvalue weighted by Crippen LogP contribution is 2.57. The molecule has 0 saturated heterocycles. The van der Waals surface area contributed by atoms with E-state index in [-0.39, 0.29) is 11.5 Å². The summed E-state index contributed by atoms with van der Waals surface area (Å²) in [7, 11) is 0. The van der Waals surface area contributed by atoms with E-state index >= 15 is 0 Å². The maximum absolute atomic E-state index is 13.5. The summed E-state index contributed by atoms with van der Waals surface area (Å²) in [6.07, 6.45) is 4.96. The fraction of sp³-hybridized carbons (Fsp3) is 0.238. The van der Waals surface area contributed by atoms with Gasteiger partial charge in [-0.05, 0) is 122 Å². The van der Waals surface area contributed by atoms with Gasteiger partial charge >= 0.3 is 5.97 Å². The van der Waals surface area contributed by atoms with E-state index in [1.807, 2.05) is 30.3 Å². The van der Waals surface area contributed by atoms with Gasteiger partial charge in [-0.25, -0.2) is 4.79 Å². The van der Waals surface area contributed by atoms with Crippen LogP contribution in [0.25, 0.3) is 0 Å². The van der Waals surface area contributed by atoms with E-state index in [9.17, 15) is 20.1 Å². The number of carbonyl (C=O) groups is 1. The van der Waals surface area contributed by atoms with Gasteiger partial charge < -0.3 is 35.4 Å². The van der Waals surface area contributed by atoms with Crippen LogP contribution < -0.4 is 15.4 Å². The number of phenols is 3. The maximum atomic E-state index is 13.5. The molecule has 2 aliphatic heterocycles. The number of nitrogens with zero attached hydrogens (tertiary/aromatic N) is 1. The molecule has 0 radical (unpaired) electrons. The molecule has 0 aromatic heterocycles. The van der Waals surface area contributed by atoms with E-state index in [0.717, 1.165) is 56.4 Å². The van der Waals surface area contributed by atoms with Crippen LogP contribution in [0, 0.1) is 0 Å². The molecule has 0 saturated carbocycles. The fourth-order valence-corrected chi connectivity index (χ4v) is 8.18. The van der Waals surface area contributed by atoms with E-state index in [2.05, 4.69) is 40.7 Å². The van der Waals surface area contributed by atoms with Gasteiger partial charge in [-0.15, -0.1) is 0 Å². The molecule has 0 amide bonds. The summed E-state index contributed by atoms with van der Waals surface area (Å²) in [4.78, 5) is 16.1. The summed E-state index contributed by atoms with van der Waals surface area (Å²) in [5, 5.41) is 37.5. The summed E-state index contributed by atoms with van der Waals surface area (Å²) >= 11 is 5.65. The number of thiocarbonyl (C=S) groups is 1. The van der Waals surface area contributed by atoms with Crippen molar-refractivity contribution in [2.45, 2.75) is 50.7 Å². The minimum absolute atomic E-state index is 0.000414. The Morgan fingerprint density at radius 2 is 1.52 bits per heavy atom. The van der Waals surface area contributed by atoms with E-state index in [0.29, 0.717) is 56.3 Å². The Bertz CT molecular complexity index is 2150. The molecule has 264 valence electrons. The van der Waals surface area contributed by atoms with E-state index in [1.165, 1.54) is 35.4 Å². The number of carbonyl (C=O) groups excluding carboxylic acids is 1. The third kappa shape index (κ3) is 6.07. The molecule has 3 aliphatic rings. The molecule has 1 aliphatic carbocycles. The predicted octanol–water partition coefficient (Wildman–Crippen LogP) is 7.99. The van der Waals surface area contributed by atoms with Crippen LogP contribution in [0.5, 0.6) is 28.7 Å². The molecule has 5 N–H and O–H groups in total. The van der Waals surface area contributed by atoms with Crippen LogP contribution in [0.1, 0.15) is 63.5 Å². The number of benzene rings is 5. The Kier molecular flexibility index (Phi) is 8.72. The summed E-state index contributed by atoms with van der Waals surface area (Å²) in [5.41, 5.74) is 5.86. The first-order valence-corrected chi connectivity index (χ1v) is 18.1. The van der Waals surface area contributed by atoms with E-state index < -0.39 is 11.6 Å². The first-order valence-electron chi connectivity index (χ1n) is 17.6. The number of hydrogen-bond acceptors (Lipinski definition) is 8. The van der Waals surface area contributed by atoms with Gasteiger partial charge in [-0.2, -0.15) is 0 Å². The van der Waals surface area contributed by atoms with Crippen LogP contribution in [0.15, 0.2) is 97.1 Å². The monoisotopic (exact) mass is 713 g/mol. The molecule has 0 fully saturated rings. The van der Waals surface area contributed by atoms with Gasteiger partial charge in [-0.3, -0.25) is 4.90 Å². The van der Waals surface area contributed by atoms with E-state index in [4.69, 9.17) is 21.7 Å². The number of rotatable bonds is 8. The predicted molar refractivity (Wildman–Crippen MR) is 204 cm³/mol. The quantitative estimate of drug-likeness (QED) is 0.0799. The van der Waals surface area contributed by atoms with Crippen molar-refractivity contribution >= 4 is 34.7 Å². The molecule has 0 unspecified atom stereocenters. The van der Waals surface area contributed by atoms with Gasteiger partial charge in [0.15, 0.2) is 10.7 Å². The minimum Gasteiger partial charge on any atom is -0.508 e. The van der Waals surface area contributed by atoms with Gasteiger partial charge in [0, 0.05) is 52.8 Å². The highest BCUT2D eigenvalue weighted by atomic mass is 32.1. The molecule has 9 nitrogen and oxygen atoms in total. The third-order valence-electron chi connectivity index (χ3n) is 10.4. The lowest BCUT2D eigenvalue weighted by molar-refractivity contribution is 0.0224. The third-order valence-corrected chi connectivity index (χ3v) is 10.6. The van der Waals surface area contributed by atoms with Crippen molar-refractivity contribution < 1.29 is 29.6 Å².